The van der Waals surface area contributed by atoms with Gasteiger partial charge in [-0.2, -0.15) is 4.98 Å². The van der Waals surface area contributed by atoms with Crippen molar-refractivity contribution in [2.24, 2.45) is 0 Å². The maximum absolute atomic E-state index is 12.5. The summed E-state index contributed by atoms with van der Waals surface area (Å²) in [6.45, 7) is 1.44. The molecule has 0 aliphatic heterocycles. The molecule has 0 unspecified atom stereocenters. The molecule has 26 heavy (non-hydrogen) atoms. The summed E-state index contributed by atoms with van der Waals surface area (Å²) in [5.74, 6) is 0.421. The van der Waals surface area contributed by atoms with E-state index in [1.165, 1.54) is 17.5 Å². The Morgan fingerprint density at radius 1 is 1.27 bits per heavy atom. The highest BCUT2D eigenvalue weighted by molar-refractivity contribution is 5.72. The second-order valence-corrected chi connectivity index (χ2v) is 6.69. The second kappa shape index (κ2) is 7.29. The van der Waals surface area contributed by atoms with Crippen molar-refractivity contribution in [1.29, 1.82) is 0 Å². The van der Waals surface area contributed by atoms with E-state index in [4.69, 9.17) is 4.74 Å². The standard InChI is InChI=1S/C19H23N5O2/c1-26-10-3-2-9-24-12-20-17-16(24)18(25)23-19(22-17)21-15-8-7-13-5-4-6-14(13)11-15/h7-8,11-12H,2-6,9-10H2,1H3,(H2,21,22,23,25). The van der Waals surface area contributed by atoms with Crippen molar-refractivity contribution < 1.29 is 4.74 Å². The fraction of sp³-hybridized carbons (Fsp3) is 0.421. The lowest BCUT2D eigenvalue weighted by atomic mass is 10.1. The predicted octanol–water partition coefficient (Wildman–Crippen LogP) is 2.78. The van der Waals surface area contributed by atoms with Crippen molar-refractivity contribution in [1.82, 2.24) is 19.5 Å². The van der Waals surface area contributed by atoms with Crippen LogP contribution >= 0.6 is 0 Å². The number of fused-ring (bicyclic) bond motifs is 2. The summed E-state index contributed by atoms with van der Waals surface area (Å²) >= 11 is 0. The van der Waals surface area contributed by atoms with Crippen LogP contribution in [0.2, 0.25) is 0 Å². The van der Waals surface area contributed by atoms with Crippen LogP contribution in [0.4, 0.5) is 11.6 Å². The van der Waals surface area contributed by atoms with Gasteiger partial charge in [-0.3, -0.25) is 9.78 Å². The summed E-state index contributed by atoms with van der Waals surface area (Å²) < 4.78 is 6.92. The molecule has 2 aromatic heterocycles. The van der Waals surface area contributed by atoms with E-state index in [2.05, 4.69) is 32.4 Å². The number of benzene rings is 1. The lowest BCUT2D eigenvalue weighted by molar-refractivity contribution is 0.191. The molecule has 0 saturated heterocycles. The molecule has 1 aromatic carbocycles. The first-order valence-corrected chi connectivity index (χ1v) is 9.07. The molecule has 4 rings (SSSR count). The normalized spacial score (nSPS) is 13.3. The molecule has 0 amide bonds. The van der Waals surface area contributed by atoms with Crippen LogP contribution < -0.4 is 10.9 Å². The minimum atomic E-state index is -0.178. The van der Waals surface area contributed by atoms with Crippen molar-refractivity contribution in [2.75, 3.05) is 19.0 Å². The molecule has 0 fully saturated rings. The number of nitrogens with one attached hydrogen (secondary N) is 2. The fourth-order valence-electron chi connectivity index (χ4n) is 3.53. The van der Waals surface area contributed by atoms with E-state index in [0.717, 1.165) is 44.5 Å². The summed E-state index contributed by atoms with van der Waals surface area (Å²) in [5, 5.41) is 3.20. The quantitative estimate of drug-likeness (QED) is 0.638. The van der Waals surface area contributed by atoms with E-state index < -0.39 is 0 Å². The highest BCUT2D eigenvalue weighted by atomic mass is 16.5. The van der Waals surface area contributed by atoms with Gasteiger partial charge in [-0.15, -0.1) is 0 Å². The third kappa shape index (κ3) is 3.35. The van der Waals surface area contributed by atoms with Crippen LogP contribution in [-0.4, -0.2) is 33.2 Å². The van der Waals surface area contributed by atoms with Crippen LogP contribution in [-0.2, 0) is 24.1 Å². The van der Waals surface area contributed by atoms with Crippen LogP contribution in [0.15, 0.2) is 29.3 Å². The Bertz CT molecular complexity index is 976. The highest BCUT2D eigenvalue weighted by Gasteiger charge is 2.13. The summed E-state index contributed by atoms with van der Waals surface area (Å²) in [4.78, 5) is 24.1. The number of methoxy groups -OCH3 is 1. The van der Waals surface area contributed by atoms with E-state index >= 15 is 0 Å². The zero-order valence-electron chi connectivity index (χ0n) is 14.9. The molecular formula is C19H23N5O2. The first-order valence-electron chi connectivity index (χ1n) is 9.07. The Labute approximate surface area is 151 Å². The van der Waals surface area contributed by atoms with Gasteiger partial charge in [-0.1, -0.05) is 6.07 Å². The fourth-order valence-corrected chi connectivity index (χ4v) is 3.53. The molecule has 3 aromatic rings. The largest absolute Gasteiger partial charge is 0.385 e. The van der Waals surface area contributed by atoms with E-state index in [1.54, 1.807) is 13.4 Å². The average Bonchev–Trinajstić information content (AvgIpc) is 3.25. The van der Waals surface area contributed by atoms with Gasteiger partial charge in [0.25, 0.3) is 5.56 Å². The van der Waals surface area contributed by atoms with Gasteiger partial charge in [0.05, 0.1) is 6.33 Å². The van der Waals surface area contributed by atoms with E-state index in [9.17, 15) is 4.79 Å². The Kier molecular flexibility index (Phi) is 4.71. The number of aryl methyl sites for hydroxylation is 3. The van der Waals surface area contributed by atoms with Crippen LogP contribution in [0.3, 0.4) is 0 Å². The van der Waals surface area contributed by atoms with Crippen LogP contribution in [0.1, 0.15) is 30.4 Å². The average molecular weight is 353 g/mol. The lowest BCUT2D eigenvalue weighted by Gasteiger charge is -2.08. The summed E-state index contributed by atoms with van der Waals surface area (Å²) in [7, 11) is 1.69. The third-order valence-electron chi connectivity index (χ3n) is 4.84. The third-order valence-corrected chi connectivity index (χ3v) is 4.84. The molecule has 1 aliphatic carbocycles. The van der Waals surface area contributed by atoms with Gasteiger partial charge in [0.2, 0.25) is 5.95 Å². The molecule has 7 heteroatoms. The summed E-state index contributed by atoms with van der Waals surface area (Å²) in [6.07, 6.45) is 7.02. The van der Waals surface area contributed by atoms with Gasteiger partial charge >= 0.3 is 0 Å². The minimum absolute atomic E-state index is 0.178. The lowest BCUT2D eigenvalue weighted by Crippen LogP contribution is -2.14. The Hall–Kier alpha value is -2.67. The number of aromatic nitrogens is 4. The number of aromatic amines is 1. The number of imidazole rings is 1. The molecule has 136 valence electrons. The molecule has 0 radical (unpaired) electrons. The van der Waals surface area contributed by atoms with Crippen LogP contribution in [0.5, 0.6) is 0 Å². The number of hydrogen-bond acceptors (Lipinski definition) is 5. The van der Waals surface area contributed by atoms with Crippen LogP contribution in [0.25, 0.3) is 11.2 Å². The molecular weight excluding hydrogens is 330 g/mol. The Morgan fingerprint density at radius 3 is 3.04 bits per heavy atom. The molecule has 0 bridgehead atoms. The number of unbranched alkanes of at least 4 members (excludes halogenated alkanes) is 1. The molecule has 0 saturated carbocycles. The number of nitrogens with zero attached hydrogens (tertiary/aromatic N) is 3. The van der Waals surface area contributed by atoms with Gasteiger partial charge in [-0.05, 0) is 55.4 Å². The first-order chi connectivity index (χ1) is 12.7. The molecule has 2 heterocycles. The van der Waals surface area contributed by atoms with Gasteiger partial charge in [-0.25, -0.2) is 4.98 Å². The molecule has 7 nitrogen and oxygen atoms in total. The van der Waals surface area contributed by atoms with Gasteiger partial charge in [0.15, 0.2) is 11.2 Å². The van der Waals surface area contributed by atoms with Crippen molar-refractivity contribution in [3.05, 3.63) is 46.0 Å². The van der Waals surface area contributed by atoms with E-state index in [0.29, 0.717) is 17.1 Å². The zero-order chi connectivity index (χ0) is 17.9. The number of H-pyrrole nitrogens is 1. The summed E-state index contributed by atoms with van der Waals surface area (Å²) in [5.41, 5.74) is 4.53. The number of rotatable bonds is 7. The second-order valence-electron chi connectivity index (χ2n) is 6.69. The minimum Gasteiger partial charge on any atom is -0.385 e. The Morgan fingerprint density at radius 2 is 2.15 bits per heavy atom. The monoisotopic (exact) mass is 353 g/mol. The predicted molar refractivity (Wildman–Crippen MR) is 101 cm³/mol. The number of ether oxygens (including phenoxy) is 1. The molecule has 1 aliphatic rings. The van der Waals surface area contributed by atoms with Crippen LogP contribution in [0, 0.1) is 0 Å². The highest BCUT2D eigenvalue weighted by Crippen LogP contribution is 2.26. The molecule has 0 spiro atoms. The van der Waals surface area contributed by atoms with Gasteiger partial charge in [0.1, 0.15) is 0 Å². The molecule has 0 atom stereocenters. The van der Waals surface area contributed by atoms with E-state index in [-0.39, 0.29) is 5.56 Å². The van der Waals surface area contributed by atoms with Gasteiger partial charge in [0, 0.05) is 25.9 Å². The smallest absolute Gasteiger partial charge is 0.278 e. The number of anilines is 2. The molecule has 2 N–H and O–H groups in total. The number of hydrogen-bond donors (Lipinski definition) is 2. The maximum atomic E-state index is 12.5. The van der Waals surface area contributed by atoms with Crippen molar-refractivity contribution >= 4 is 22.8 Å². The van der Waals surface area contributed by atoms with Crippen molar-refractivity contribution in [2.45, 2.75) is 38.6 Å². The zero-order valence-corrected chi connectivity index (χ0v) is 14.9. The summed E-state index contributed by atoms with van der Waals surface area (Å²) in [6, 6.07) is 6.32. The van der Waals surface area contributed by atoms with E-state index in [1.807, 2.05) is 10.6 Å². The SMILES string of the molecule is COCCCCn1cnc2nc(Nc3ccc4c(c3)CCC4)[nH]c(=O)c21. The topological polar surface area (TPSA) is 84.8 Å². The van der Waals surface area contributed by atoms with Gasteiger partial charge < -0.3 is 14.6 Å². The van der Waals surface area contributed by atoms with Crippen molar-refractivity contribution in [3.63, 3.8) is 0 Å². The maximum Gasteiger partial charge on any atom is 0.278 e. The first kappa shape index (κ1) is 16.8. The Balaban J connectivity index is 1.55. The van der Waals surface area contributed by atoms with Crippen molar-refractivity contribution in [3.8, 4) is 0 Å².